The highest BCUT2D eigenvalue weighted by molar-refractivity contribution is 7.53. The number of rotatable bonds is 5. The topological polar surface area (TPSA) is 61.8 Å². The minimum absolute atomic E-state index is 0.317. The number of carbonyl (C=O) groups excluding carboxylic acids is 1. The maximum absolute atomic E-state index is 11.8. The minimum Gasteiger partial charge on any atom is -0.468 e. The third-order valence-corrected chi connectivity index (χ3v) is 3.48. The number of hydrogen-bond acceptors (Lipinski definition) is 5. The fourth-order valence-corrected chi connectivity index (χ4v) is 2.20. The lowest BCUT2D eigenvalue weighted by Gasteiger charge is -2.28. The molecular formula is C11H21O5P. The lowest BCUT2D eigenvalue weighted by molar-refractivity contribution is -0.149. The third kappa shape index (κ3) is 4.17. The Labute approximate surface area is 103 Å². The molecule has 0 N–H and O–H groups in total. The second-order valence-electron chi connectivity index (χ2n) is 4.49. The van der Waals surface area contributed by atoms with E-state index in [-0.39, 0.29) is 0 Å². The van der Waals surface area contributed by atoms with Crippen LogP contribution >= 0.6 is 7.60 Å². The average molecular weight is 264 g/mol. The number of hydrogen-bond donors (Lipinski definition) is 0. The van der Waals surface area contributed by atoms with Crippen LogP contribution < -0.4 is 0 Å². The largest absolute Gasteiger partial charge is 0.468 e. The van der Waals surface area contributed by atoms with Gasteiger partial charge in [0.1, 0.15) is 11.2 Å². The van der Waals surface area contributed by atoms with Crippen LogP contribution in [0.15, 0.2) is 11.3 Å². The van der Waals surface area contributed by atoms with E-state index in [1.165, 1.54) is 20.9 Å². The van der Waals surface area contributed by atoms with Gasteiger partial charge in [-0.15, -0.1) is 0 Å². The van der Waals surface area contributed by atoms with Crippen molar-refractivity contribution in [2.75, 3.05) is 20.9 Å². The molecule has 0 rings (SSSR count). The summed E-state index contributed by atoms with van der Waals surface area (Å²) >= 11 is 0. The number of esters is 1. The fraction of sp³-hybridized carbons (Fsp3) is 0.727. The van der Waals surface area contributed by atoms with Gasteiger partial charge in [-0.05, 0) is 33.3 Å². The highest BCUT2D eigenvalue weighted by Gasteiger charge is 2.38. The normalized spacial score (nSPS) is 14.8. The summed E-state index contributed by atoms with van der Waals surface area (Å²) in [7, 11) is -0.595. The summed E-state index contributed by atoms with van der Waals surface area (Å²) in [4.78, 5) is 11.7. The highest BCUT2D eigenvalue weighted by atomic mass is 31.2. The molecule has 0 saturated heterocycles. The second kappa shape index (κ2) is 5.69. The van der Waals surface area contributed by atoms with Crippen molar-refractivity contribution in [3.63, 3.8) is 0 Å². The predicted molar refractivity (Wildman–Crippen MR) is 65.8 cm³/mol. The molecule has 17 heavy (non-hydrogen) atoms. The van der Waals surface area contributed by atoms with E-state index in [1.807, 2.05) is 0 Å². The smallest absolute Gasteiger partial charge is 0.375 e. The highest BCUT2D eigenvalue weighted by Crippen LogP contribution is 2.49. The second-order valence-corrected chi connectivity index (χ2v) is 6.58. The van der Waals surface area contributed by atoms with Gasteiger partial charge in [-0.2, -0.15) is 0 Å². The van der Waals surface area contributed by atoms with Crippen LogP contribution in [0.25, 0.3) is 0 Å². The van der Waals surface area contributed by atoms with Gasteiger partial charge in [-0.3, -0.25) is 4.79 Å². The van der Waals surface area contributed by atoms with Crippen LogP contribution in [-0.4, -0.2) is 26.9 Å². The van der Waals surface area contributed by atoms with Crippen molar-refractivity contribution in [1.82, 2.24) is 0 Å². The molecule has 1 atom stereocenters. The fourth-order valence-electron chi connectivity index (χ4n) is 1.38. The molecule has 0 aromatic heterocycles. The van der Waals surface area contributed by atoms with Crippen LogP contribution in [-0.2, 0) is 23.1 Å². The standard InChI is InChI=1S/C11H21O5P/c1-8(2)9(16-17(7,13)15-6)11(3,4)10(12)14-5/h1-7H3/t17-/m1/s1. The van der Waals surface area contributed by atoms with Crippen LogP contribution in [0, 0.1) is 5.41 Å². The Kier molecular flexibility index (Phi) is 5.43. The van der Waals surface area contributed by atoms with E-state index in [9.17, 15) is 9.36 Å². The van der Waals surface area contributed by atoms with Crippen LogP contribution in [0.2, 0.25) is 0 Å². The molecule has 0 radical (unpaired) electrons. The van der Waals surface area contributed by atoms with E-state index >= 15 is 0 Å². The Morgan fingerprint density at radius 2 is 1.65 bits per heavy atom. The molecule has 0 amide bonds. The quantitative estimate of drug-likeness (QED) is 0.434. The molecule has 0 fully saturated rings. The first-order chi connectivity index (χ1) is 7.58. The maximum atomic E-state index is 11.8. The molecule has 0 aliphatic heterocycles. The van der Waals surface area contributed by atoms with Crippen molar-refractivity contribution >= 4 is 13.6 Å². The van der Waals surface area contributed by atoms with E-state index in [2.05, 4.69) is 0 Å². The van der Waals surface area contributed by atoms with E-state index in [0.717, 1.165) is 5.57 Å². The Balaban J connectivity index is 5.38. The molecule has 0 aliphatic rings. The molecule has 0 heterocycles. The zero-order chi connectivity index (χ0) is 13.9. The summed E-state index contributed by atoms with van der Waals surface area (Å²) < 4.78 is 26.7. The summed E-state index contributed by atoms with van der Waals surface area (Å²) in [5.41, 5.74) is -0.253. The molecule has 0 spiro atoms. The van der Waals surface area contributed by atoms with E-state index < -0.39 is 19.0 Å². The molecule has 6 heteroatoms. The first-order valence-corrected chi connectivity index (χ1v) is 7.16. The van der Waals surface area contributed by atoms with Crippen molar-refractivity contribution < 1.29 is 23.1 Å². The van der Waals surface area contributed by atoms with Crippen LogP contribution in [0.3, 0.4) is 0 Å². The van der Waals surface area contributed by atoms with Gasteiger partial charge >= 0.3 is 13.6 Å². The van der Waals surface area contributed by atoms with E-state index in [0.29, 0.717) is 5.76 Å². The predicted octanol–water partition coefficient (Wildman–Crippen LogP) is 2.97. The number of methoxy groups -OCH3 is 1. The molecule has 0 aromatic carbocycles. The molecule has 0 bridgehead atoms. The lowest BCUT2D eigenvalue weighted by atomic mass is 9.89. The first-order valence-electron chi connectivity index (χ1n) is 5.17. The van der Waals surface area contributed by atoms with Crippen LogP contribution in [0.1, 0.15) is 27.7 Å². The summed E-state index contributed by atoms with van der Waals surface area (Å²) in [6.07, 6.45) is 0. The molecule has 0 aromatic rings. The maximum Gasteiger partial charge on any atom is 0.375 e. The van der Waals surface area contributed by atoms with Crippen molar-refractivity contribution in [1.29, 1.82) is 0 Å². The Bertz CT molecular complexity index is 366. The molecular weight excluding hydrogens is 243 g/mol. The third-order valence-electron chi connectivity index (χ3n) is 2.31. The van der Waals surface area contributed by atoms with Gasteiger partial charge in [0, 0.05) is 13.8 Å². The molecule has 0 aliphatic carbocycles. The summed E-state index contributed by atoms with van der Waals surface area (Å²) in [6.45, 7) is 8.20. The summed E-state index contributed by atoms with van der Waals surface area (Å²) in [5.74, 6) is -0.137. The van der Waals surface area contributed by atoms with Crippen LogP contribution in [0.4, 0.5) is 0 Å². The van der Waals surface area contributed by atoms with E-state index in [1.54, 1.807) is 27.7 Å². The first kappa shape index (κ1) is 16.2. The van der Waals surface area contributed by atoms with Gasteiger partial charge < -0.3 is 13.8 Å². The van der Waals surface area contributed by atoms with Crippen molar-refractivity contribution in [3.8, 4) is 0 Å². The zero-order valence-corrected chi connectivity index (χ0v) is 12.4. The zero-order valence-electron chi connectivity index (χ0n) is 11.5. The van der Waals surface area contributed by atoms with E-state index in [4.69, 9.17) is 13.8 Å². The van der Waals surface area contributed by atoms with Gasteiger partial charge in [0.25, 0.3) is 0 Å². The Morgan fingerprint density at radius 1 is 1.18 bits per heavy atom. The van der Waals surface area contributed by atoms with Crippen LogP contribution in [0.5, 0.6) is 0 Å². The lowest BCUT2D eigenvalue weighted by Crippen LogP contribution is -2.29. The number of allylic oxidation sites excluding steroid dienone is 1. The Hall–Kier alpha value is -0.800. The van der Waals surface area contributed by atoms with Gasteiger partial charge in [0.15, 0.2) is 0 Å². The van der Waals surface area contributed by atoms with Crippen molar-refractivity contribution in [2.45, 2.75) is 27.7 Å². The molecule has 0 unspecified atom stereocenters. The summed E-state index contributed by atoms with van der Waals surface area (Å²) in [5, 5.41) is 0. The summed E-state index contributed by atoms with van der Waals surface area (Å²) in [6, 6.07) is 0. The van der Waals surface area contributed by atoms with Gasteiger partial charge in [-0.25, -0.2) is 4.57 Å². The Morgan fingerprint density at radius 3 is 1.94 bits per heavy atom. The van der Waals surface area contributed by atoms with Gasteiger partial charge in [0.05, 0.1) is 7.11 Å². The monoisotopic (exact) mass is 264 g/mol. The van der Waals surface area contributed by atoms with Crippen molar-refractivity contribution in [3.05, 3.63) is 11.3 Å². The SMILES string of the molecule is COC(=O)C(C)(C)C(O[P@](C)(=O)OC)=C(C)C. The van der Waals surface area contributed by atoms with Gasteiger partial charge in [0.2, 0.25) is 0 Å². The van der Waals surface area contributed by atoms with Gasteiger partial charge in [-0.1, -0.05) is 0 Å². The molecule has 0 saturated carbocycles. The molecule has 5 nitrogen and oxygen atoms in total. The number of ether oxygens (including phenoxy) is 1. The number of carbonyl (C=O) groups is 1. The minimum atomic E-state index is -3.20. The average Bonchev–Trinajstić information content (AvgIpc) is 2.24. The molecule has 100 valence electrons. The van der Waals surface area contributed by atoms with Crippen molar-refractivity contribution in [2.24, 2.45) is 5.41 Å².